The predicted octanol–water partition coefficient (Wildman–Crippen LogP) is 3.84. The Bertz CT molecular complexity index is 612. The monoisotopic (exact) mass is 335 g/mol. The Kier molecular flexibility index (Phi) is 6.50. The first-order valence-corrected chi connectivity index (χ1v) is 8.84. The van der Waals surface area contributed by atoms with Crippen LogP contribution >= 0.6 is 0 Å². The molecule has 2 aromatic rings. The van der Waals surface area contributed by atoms with Crippen molar-refractivity contribution in [3.63, 3.8) is 0 Å². The maximum absolute atomic E-state index is 5.88. The second-order valence-corrected chi connectivity index (χ2v) is 6.42. The first-order valence-electron chi connectivity index (χ1n) is 8.84. The number of hydrogen-bond donors (Lipinski definition) is 0. The van der Waals surface area contributed by atoms with E-state index in [-0.39, 0.29) is 12.1 Å². The zero-order valence-electron chi connectivity index (χ0n) is 14.5. The summed E-state index contributed by atoms with van der Waals surface area (Å²) in [6, 6.07) is 23.8. The van der Waals surface area contributed by atoms with Crippen molar-refractivity contribution in [2.24, 2.45) is 0 Å². The lowest BCUT2D eigenvalue weighted by atomic mass is 10.2. The van der Waals surface area contributed by atoms with Crippen molar-refractivity contribution in [1.82, 2.24) is 4.90 Å². The third kappa shape index (κ3) is 5.09. The highest BCUT2D eigenvalue weighted by Gasteiger charge is 2.31. The number of likely N-dealkylation sites (tertiary alicyclic amines) is 1. The van der Waals surface area contributed by atoms with Gasteiger partial charge in [0.25, 0.3) is 0 Å². The highest BCUT2D eigenvalue weighted by Crippen LogP contribution is 2.24. The number of hydrogen-bond acceptors (Lipinski definition) is 3. The number of nitrogens with zero attached hydrogens (tertiary/aromatic N) is 1. The maximum atomic E-state index is 5.88. The third-order valence-electron chi connectivity index (χ3n) is 4.61. The van der Waals surface area contributed by atoms with Gasteiger partial charge in [0.15, 0.2) is 0 Å². The average molecular weight is 335 g/mol. The summed E-state index contributed by atoms with van der Waals surface area (Å²) in [4.78, 5) is 2.08. The van der Waals surface area contributed by atoms with Crippen molar-refractivity contribution in [3.8, 4) is 12.5 Å². The summed E-state index contributed by atoms with van der Waals surface area (Å²) in [6.45, 7) is 2.58. The van der Waals surface area contributed by atoms with Crippen molar-refractivity contribution >= 4 is 0 Å². The molecule has 0 bridgehead atoms. The minimum Gasteiger partial charge on any atom is -0.375 e. The van der Waals surface area contributed by atoms with Crippen LogP contribution in [0.2, 0.25) is 0 Å². The van der Waals surface area contributed by atoms with Crippen molar-refractivity contribution in [2.45, 2.75) is 38.1 Å². The van der Waals surface area contributed by atoms with Crippen molar-refractivity contribution < 1.29 is 9.47 Å². The molecule has 0 aromatic heterocycles. The van der Waals surface area contributed by atoms with Crippen molar-refractivity contribution in [1.29, 1.82) is 0 Å². The van der Waals surface area contributed by atoms with E-state index in [9.17, 15) is 0 Å². The van der Waals surface area contributed by atoms with Crippen LogP contribution in [0.25, 0.3) is 0 Å². The van der Waals surface area contributed by atoms with Crippen LogP contribution in [0.4, 0.5) is 0 Å². The Labute approximate surface area is 150 Å². The van der Waals surface area contributed by atoms with Gasteiger partial charge in [-0.05, 0) is 24.0 Å². The van der Waals surface area contributed by atoms with Crippen LogP contribution in [-0.2, 0) is 22.7 Å². The highest BCUT2D eigenvalue weighted by atomic mass is 16.5. The van der Waals surface area contributed by atoms with Crippen LogP contribution in [0.5, 0.6) is 0 Å². The van der Waals surface area contributed by atoms with E-state index in [1.807, 2.05) is 36.4 Å². The van der Waals surface area contributed by atoms with E-state index in [4.69, 9.17) is 15.9 Å². The van der Waals surface area contributed by atoms with Gasteiger partial charge in [-0.2, -0.15) is 0 Å². The van der Waals surface area contributed by atoms with Crippen molar-refractivity contribution in [2.75, 3.05) is 13.2 Å². The third-order valence-corrected chi connectivity index (χ3v) is 4.61. The molecule has 0 unspecified atom stereocenters. The van der Waals surface area contributed by atoms with E-state index in [1.54, 1.807) is 0 Å². The van der Waals surface area contributed by atoms with Gasteiger partial charge in [-0.3, -0.25) is 0 Å². The first-order chi connectivity index (χ1) is 12.4. The van der Waals surface area contributed by atoms with Crippen LogP contribution in [0, 0.1) is 12.5 Å². The molecular formula is C22H25NO2. The molecule has 0 amide bonds. The molecule has 130 valence electrons. The van der Waals surface area contributed by atoms with E-state index >= 15 is 0 Å². The average Bonchev–Trinajstić information content (AvgIpc) is 3.05. The molecule has 3 nitrogen and oxygen atoms in total. The minimum atomic E-state index is 0.277. The smallest absolute Gasteiger partial charge is 0.0717 e. The second-order valence-electron chi connectivity index (χ2n) is 6.42. The molecule has 2 aromatic carbocycles. The molecule has 3 rings (SSSR count). The molecule has 0 saturated carbocycles. The fourth-order valence-corrected chi connectivity index (χ4v) is 3.27. The summed E-state index contributed by atoms with van der Waals surface area (Å²) in [5, 5.41) is 0. The Morgan fingerprint density at radius 3 is 1.64 bits per heavy atom. The molecular weight excluding hydrogens is 310 g/mol. The quantitative estimate of drug-likeness (QED) is 0.684. The van der Waals surface area contributed by atoms with Gasteiger partial charge < -0.3 is 14.4 Å². The lowest BCUT2D eigenvalue weighted by Crippen LogP contribution is -2.37. The summed E-state index contributed by atoms with van der Waals surface area (Å²) >= 11 is 0. The molecule has 0 aliphatic carbocycles. The van der Waals surface area contributed by atoms with Gasteiger partial charge in [0.2, 0.25) is 0 Å². The molecule has 1 aliphatic heterocycles. The molecule has 0 N–H and O–H groups in total. The van der Waals surface area contributed by atoms with Gasteiger partial charge in [0.05, 0.1) is 38.5 Å². The molecule has 3 heteroatoms. The van der Waals surface area contributed by atoms with Gasteiger partial charge >= 0.3 is 0 Å². The molecule has 25 heavy (non-hydrogen) atoms. The Balaban J connectivity index is 1.42. The van der Waals surface area contributed by atoms with Gasteiger partial charge in [-0.15, -0.1) is 0 Å². The van der Waals surface area contributed by atoms with Gasteiger partial charge in [0.1, 0.15) is 0 Å². The minimum absolute atomic E-state index is 0.277. The summed E-state index contributed by atoms with van der Waals surface area (Å²) in [5.41, 5.74) is 2.38. The molecule has 1 fully saturated rings. The fraction of sp³-hybridized carbons (Fsp3) is 0.364. The molecule has 1 aliphatic rings. The Morgan fingerprint density at radius 1 is 0.800 bits per heavy atom. The topological polar surface area (TPSA) is 21.7 Å². The second kappa shape index (κ2) is 9.27. The number of ether oxygens (including phenoxy) is 2. The van der Waals surface area contributed by atoms with Crippen LogP contribution < -0.4 is 0 Å². The zero-order valence-corrected chi connectivity index (χ0v) is 14.5. The molecule has 1 heterocycles. The van der Waals surface area contributed by atoms with Crippen LogP contribution in [0.3, 0.4) is 0 Å². The fourth-order valence-electron chi connectivity index (χ4n) is 3.27. The number of rotatable bonds is 8. The van der Waals surface area contributed by atoms with Crippen LogP contribution in [0.1, 0.15) is 24.0 Å². The molecule has 0 radical (unpaired) electrons. The van der Waals surface area contributed by atoms with Crippen LogP contribution in [-0.4, -0.2) is 30.2 Å². The normalized spacial score (nSPS) is 19.7. The maximum Gasteiger partial charge on any atom is 0.0717 e. The van der Waals surface area contributed by atoms with Gasteiger partial charge in [-0.1, -0.05) is 67.1 Å². The van der Waals surface area contributed by atoms with E-state index in [0.29, 0.717) is 26.4 Å². The number of terminal acetylenes is 1. The van der Waals surface area contributed by atoms with E-state index in [0.717, 1.165) is 12.8 Å². The Hall–Kier alpha value is -2.28. The summed E-state index contributed by atoms with van der Waals surface area (Å²) in [7, 11) is 0. The van der Waals surface area contributed by atoms with Gasteiger partial charge in [-0.25, -0.2) is 0 Å². The SMILES string of the molecule is C#CN1[C@@H](COCc2ccccc2)CC[C@@H]1COCc1ccccc1. The predicted molar refractivity (Wildman–Crippen MR) is 99.7 cm³/mol. The van der Waals surface area contributed by atoms with E-state index < -0.39 is 0 Å². The number of benzene rings is 2. The van der Waals surface area contributed by atoms with Crippen molar-refractivity contribution in [3.05, 3.63) is 71.8 Å². The first kappa shape index (κ1) is 17.5. The summed E-state index contributed by atoms with van der Waals surface area (Å²) < 4.78 is 11.8. The molecule has 2 atom stereocenters. The Morgan fingerprint density at radius 2 is 1.24 bits per heavy atom. The summed E-state index contributed by atoms with van der Waals surface area (Å²) in [5.74, 6) is 0. The lowest BCUT2D eigenvalue weighted by Gasteiger charge is -2.26. The highest BCUT2D eigenvalue weighted by molar-refractivity contribution is 5.14. The van der Waals surface area contributed by atoms with Crippen LogP contribution in [0.15, 0.2) is 60.7 Å². The standard InChI is InChI=1S/C22H25NO2/c1-2-23-21(17-24-15-19-9-5-3-6-10-19)13-14-22(23)18-25-16-20-11-7-4-8-12-20/h1,3-12,21-22H,13-18H2/t21-,22-/m1/s1. The molecule has 1 saturated heterocycles. The summed E-state index contributed by atoms with van der Waals surface area (Å²) in [6.07, 6.45) is 7.85. The van der Waals surface area contributed by atoms with Gasteiger partial charge in [0, 0.05) is 6.04 Å². The van der Waals surface area contributed by atoms with E-state index in [2.05, 4.69) is 35.2 Å². The zero-order chi connectivity index (χ0) is 17.3. The van der Waals surface area contributed by atoms with E-state index in [1.165, 1.54) is 11.1 Å². The lowest BCUT2D eigenvalue weighted by molar-refractivity contribution is 0.0495. The largest absolute Gasteiger partial charge is 0.375 e. The molecule has 0 spiro atoms.